The van der Waals surface area contributed by atoms with E-state index in [1.165, 1.54) is 29.9 Å². The molecule has 4 heterocycles. The van der Waals surface area contributed by atoms with Crippen molar-refractivity contribution in [2.45, 2.75) is 13.1 Å². The van der Waals surface area contributed by atoms with Gasteiger partial charge in [-0.05, 0) is 37.3 Å². The molecule has 0 radical (unpaired) electrons. The molecule has 0 spiro atoms. The molecule has 4 rings (SSSR count). The SMILES string of the molecule is CNC(=O)c1c(C)nn2ccc(-c3cccnc3-c3cccc(C(F)(F)F)n3)nc12. The summed E-state index contributed by atoms with van der Waals surface area (Å²) in [6, 6.07) is 8.64. The number of aromatic nitrogens is 5. The number of nitrogens with one attached hydrogen (secondary N) is 1. The van der Waals surface area contributed by atoms with Crippen LogP contribution in [0.4, 0.5) is 13.2 Å². The molecule has 0 atom stereocenters. The van der Waals surface area contributed by atoms with Crippen LogP contribution in [0.2, 0.25) is 0 Å². The fourth-order valence-electron chi connectivity index (χ4n) is 3.12. The normalized spacial score (nSPS) is 11.6. The number of nitrogens with zero attached hydrogens (tertiary/aromatic N) is 5. The molecule has 4 aromatic rings. The summed E-state index contributed by atoms with van der Waals surface area (Å²) >= 11 is 0. The van der Waals surface area contributed by atoms with Gasteiger partial charge >= 0.3 is 6.18 Å². The molecular weight excluding hydrogens is 397 g/mol. The lowest BCUT2D eigenvalue weighted by molar-refractivity contribution is -0.141. The van der Waals surface area contributed by atoms with Gasteiger partial charge in [0.05, 0.1) is 22.8 Å². The van der Waals surface area contributed by atoms with E-state index in [0.717, 1.165) is 6.07 Å². The number of alkyl halides is 3. The molecule has 0 saturated heterocycles. The first-order chi connectivity index (χ1) is 14.3. The van der Waals surface area contributed by atoms with Crippen molar-refractivity contribution in [1.29, 1.82) is 0 Å². The zero-order chi connectivity index (χ0) is 21.5. The van der Waals surface area contributed by atoms with E-state index in [1.54, 1.807) is 31.3 Å². The third kappa shape index (κ3) is 3.36. The number of pyridine rings is 2. The molecule has 30 heavy (non-hydrogen) atoms. The third-order valence-electron chi connectivity index (χ3n) is 4.48. The average Bonchev–Trinajstić information content (AvgIpc) is 3.07. The molecule has 0 unspecified atom stereocenters. The van der Waals surface area contributed by atoms with E-state index in [9.17, 15) is 18.0 Å². The van der Waals surface area contributed by atoms with Crippen LogP contribution < -0.4 is 5.32 Å². The fourth-order valence-corrected chi connectivity index (χ4v) is 3.12. The summed E-state index contributed by atoms with van der Waals surface area (Å²) in [6.07, 6.45) is -1.47. The smallest absolute Gasteiger partial charge is 0.355 e. The Morgan fingerprint density at radius 3 is 2.60 bits per heavy atom. The molecule has 1 amide bonds. The average molecular weight is 412 g/mol. The molecule has 0 aliphatic heterocycles. The maximum absolute atomic E-state index is 13.1. The number of carbonyl (C=O) groups excluding carboxylic acids is 1. The predicted molar refractivity (Wildman–Crippen MR) is 103 cm³/mol. The van der Waals surface area contributed by atoms with Gasteiger partial charge in [0.25, 0.3) is 5.91 Å². The van der Waals surface area contributed by atoms with E-state index in [1.807, 2.05) is 0 Å². The first-order valence-corrected chi connectivity index (χ1v) is 8.87. The Balaban J connectivity index is 1.89. The van der Waals surface area contributed by atoms with Crippen LogP contribution in [0.25, 0.3) is 28.3 Å². The topological polar surface area (TPSA) is 85.1 Å². The standard InChI is InChI=1S/C20H15F3N6O/c1-11-16(19(30)24-2)18-27-13(8-10-29(18)28-11)12-5-4-9-25-17(12)14-6-3-7-15(26-14)20(21,22)23/h3-10H,1-2H3,(H,24,30). The van der Waals surface area contributed by atoms with Crippen LogP contribution in [-0.4, -0.2) is 37.5 Å². The second kappa shape index (κ2) is 7.21. The van der Waals surface area contributed by atoms with Crippen LogP contribution in [0.1, 0.15) is 21.7 Å². The number of carbonyl (C=O) groups is 1. The van der Waals surface area contributed by atoms with Crippen LogP contribution in [0.15, 0.2) is 48.8 Å². The lowest BCUT2D eigenvalue weighted by Gasteiger charge is -2.11. The molecular formula is C20H15F3N6O. The molecule has 4 aromatic heterocycles. The van der Waals surface area contributed by atoms with Gasteiger partial charge in [-0.25, -0.2) is 14.5 Å². The number of amides is 1. The Kier molecular flexibility index (Phi) is 4.69. The van der Waals surface area contributed by atoms with Crippen molar-refractivity contribution in [3.05, 3.63) is 65.7 Å². The van der Waals surface area contributed by atoms with Crippen LogP contribution in [0, 0.1) is 6.92 Å². The Bertz CT molecular complexity index is 1270. The van der Waals surface area contributed by atoms with Gasteiger partial charge in [-0.2, -0.15) is 18.3 Å². The zero-order valence-electron chi connectivity index (χ0n) is 15.9. The molecule has 0 aliphatic rings. The number of hydrogen-bond acceptors (Lipinski definition) is 5. The van der Waals surface area contributed by atoms with Gasteiger partial charge in [-0.3, -0.25) is 9.78 Å². The minimum absolute atomic E-state index is 0.0679. The molecule has 7 nitrogen and oxygen atoms in total. The van der Waals surface area contributed by atoms with Gasteiger partial charge in [0.1, 0.15) is 11.3 Å². The predicted octanol–water partition coefficient (Wildman–Crippen LogP) is 3.54. The van der Waals surface area contributed by atoms with Crippen molar-refractivity contribution in [3.8, 4) is 22.6 Å². The van der Waals surface area contributed by atoms with E-state index in [2.05, 4.69) is 25.4 Å². The van der Waals surface area contributed by atoms with Crippen molar-refractivity contribution in [2.24, 2.45) is 0 Å². The summed E-state index contributed by atoms with van der Waals surface area (Å²) < 4.78 is 40.8. The number of halogens is 3. The van der Waals surface area contributed by atoms with Crippen molar-refractivity contribution >= 4 is 11.6 Å². The molecule has 0 bridgehead atoms. The van der Waals surface area contributed by atoms with Crippen LogP contribution in [-0.2, 0) is 6.18 Å². The molecule has 0 fully saturated rings. The van der Waals surface area contributed by atoms with Crippen molar-refractivity contribution in [2.75, 3.05) is 7.05 Å². The largest absolute Gasteiger partial charge is 0.433 e. The van der Waals surface area contributed by atoms with Gasteiger partial charge < -0.3 is 5.32 Å². The van der Waals surface area contributed by atoms with Crippen molar-refractivity contribution in [1.82, 2.24) is 29.9 Å². The maximum Gasteiger partial charge on any atom is 0.433 e. The van der Waals surface area contributed by atoms with Crippen LogP contribution in [0.3, 0.4) is 0 Å². The second-order valence-electron chi connectivity index (χ2n) is 6.43. The van der Waals surface area contributed by atoms with Gasteiger partial charge in [0.2, 0.25) is 0 Å². The summed E-state index contributed by atoms with van der Waals surface area (Å²) in [5, 5.41) is 6.83. The van der Waals surface area contributed by atoms with Crippen LogP contribution in [0.5, 0.6) is 0 Å². The lowest BCUT2D eigenvalue weighted by Crippen LogP contribution is -2.18. The molecule has 1 N–H and O–H groups in total. The highest BCUT2D eigenvalue weighted by Gasteiger charge is 2.32. The van der Waals surface area contributed by atoms with E-state index >= 15 is 0 Å². The maximum atomic E-state index is 13.1. The third-order valence-corrected chi connectivity index (χ3v) is 4.48. The fraction of sp³-hybridized carbons (Fsp3) is 0.150. The Morgan fingerprint density at radius 2 is 1.87 bits per heavy atom. The number of fused-ring (bicyclic) bond motifs is 1. The monoisotopic (exact) mass is 412 g/mol. The highest BCUT2D eigenvalue weighted by Crippen LogP contribution is 2.32. The molecule has 152 valence electrons. The summed E-state index contributed by atoms with van der Waals surface area (Å²) in [7, 11) is 1.51. The first-order valence-electron chi connectivity index (χ1n) is 8.87. The van der Waals surface area contributed by atoms with Crippen molar-refractivity contribution < 1.29 is 18.0 Å². The van der Waals surface area contributed by atoms with E-state index in [-0.39, 0.29) is 17.3 Å². The Morgan fingerprint density at radius 1 is 1.07 bits per heavy atom. The van der Waals surface area contributed by atoms with Gasteiger partial charge in [-0.15, -0.1) is 0 Å². The van der Waals surface area contributed by atoms with Crippen molar-refractivity contribution in [3.63, 3.8) is 0 Å². The molecule has 0 saturated carbocycles. The number of hydrogen-bond donors (Lipinski definition) is 1. The van der Waals surface area contributed by atoms with Crippen LogP contribution >= 0.6 is 0 Å². The Labute approximate surface area is 168 Å². The second-order valence-corrected chi connectivity index (χ2v) is 6.43. The summed E-state index contributed by atoms with van der Waals surface area (Å²) in [5.41, 5.74) is 1.37. The molecule has 10 heteroatoms. The highest BCUT2D eigenvalue weighted by atomic mass is 19.4. The van der Waals surface area contributed by atoms with Gasteiger partial charge in [0, 0.05) is 25.0 Å². The lowest BCUT2D eigenvalue weighted by atomic mass is 10.1. The van der Waals surface area contributed by atoms with E-state index in [0.29, 0.717) is 28.2 Å². The van der Waals surface area contributed by atoms with Gasteiger partial charge in [0.15, 0.2) is 5.65 Å². The number of aryl methyl sites for hydroxylation is 1. The zero-order valence-corrected chi connectivity index (χ0v) is 15.9. The van der Waals surface area contributed by atoms with Gasteiger partial charge in [-0.1, -0.05) is 6.07 Å². The molecule has 0 aliphatic carbocycles. The summed E-state index contributed by atoms with van der Waals surface area (Å²) in [6.45, 7) is 1.70. The first kappa shape index (κ1) is 19.5. The summed E-state index contributed by atoms with van der Waals surface area (Å²) in [5.74, 6) is -0.335. The van der Waals surface area contributed by atoms with E-state index < -0.39 is 11.9 Å². The Hall–Kier alpha value is -3.82. The van der Waals surface area contributed by atoms with E-state index in [4.69, 9.17) is 0 Å². The minimum atomic E-state index is -4.57. The highest BCUT2D eigenvalue weighted by molar-refractivity contribution is 6.01. The quantitative estimate of drug-likeness (QED) is 0.556. The number of rotatable bonds is 3. The minimum Gasteiger partial charge on any atom is -0.355 e. The molecule has 0 aromatic carbocycles. The summed E-state index contributed by atoms with van der Waals surface area (Å²) in [4.78, 5) is 24.8.